The molecule has 0 spiro atoms. The summed E-state index contributed by atoms with van der Waals surface area (Å²) in [5.41, 5.74) is 8.54. The number of nitrogens with zero attached hydrogens (tertiary/aromatic N) is 3. The second-order valence-electron chi connectivity index (χ2n) is 10.4. The van der Waals surface area contributed by atoms with Crippen LogP contribution in [0.1, 0.15) is 0 Å². The van der Waals surface area contributed by atoms with Gasteiger partial charge in [-0.15, -0.1) is 59.7 Å². The van der Waals surface area contributed by atoms with E-state index in [0.717, 1.165) is 27.9 Å². The molecule has 0 aliphatic carbocycles. The van der Waals surface area contributed by atoms with E-state index in [1.54, 1.807) is 0 Å². The topological polar surface area (TPSA) is 29.0 Å². The fourth-order valence-corrected chi connectivity index (χ4v) is 5.43. The number of aromatic nitrogens is 2. The summed E-state index contributed by atoms with van der Waals surface area (Å²) in [7, 11) is 0. The molecule has 0 fully saturated rings. The predicted octanol–water partition coefficient (Wildman–Crippen LogP) is 10.5. The van der Waals surface area contributed by atoms with Crippen molar-refractivity contribution in [1.82, 2.24) is 9.97 Å². The largest absolute Gasteiger partial charge is 2.00 e. The van der Waals surface area contributed by atoms with Gasteiger partial charge in [0.05, 0.1) is 5.69 Å². The van der Waals surface area contributed by atoms with Crippen molar-refractivity contribution < 1.29 is 29.8 Å². The van der Waals surface area contributed by atoms with Crippen molar-refractivity contribution in [2.75, 3.05) is 4.90 Å². The molecule has 0 saturated carbocycles. The summed E-state index contributed by atoms with van der Waals surface area (Å²) in [5, 5.41) is 0. The van der Waals surface area contributed by atoms with Crippen LogP contribution >= 0.6 is 0 Å². The van der Waals surface area contributed by atoms with Crippen LogP contribution in [0.5, 0.6) is 0 Å². The van der Waals surface area contributed by atoms with Gasteiger partial charge in [0.15, 0.2) is 0 Å². The normalized spacial score (nSPS) is 10.7. The Morgan fingerprint density at radius 1 is 0.478 bits per heavy atom. The number of hydrogen-bond acceptors (Lipinski definition) is 3. The number of benzene rings is 5. The zero-order valence-corrected chi connectivity index (χ0v) is 26.6. The van der Waals surface area contributed by atoms with Gasteiger partial charge in [-0.25, -0.2) is 8.78 Å². The van der Waals surface area contributed by atoms with Gasteiger partial charge in [-0.3, -0.25) is 0 Å². The van der Waals surface area contributed by atoms with Gasteiger partial charge < -0.3 is 14.9 Å². The minimum Gasteiger partial charge on any atom is -0.345 e. The molecule has 0 aliphatic rings. The van der Waals surface area contributed by atoms with Gasteiger partial charge in [0.1, 0.15) is 11.6 Å². The van der Waals surface area contributed by atoms with Crippen LogP contribution < -0.4 is 4.90 Å². The number of pyridine rings is 2. The van der Waals surface area contributed by atoms with Gasteiger partial charge in [-0.05, 0) is 58.2 Å². The Kier molecular flexibility index (Phi) is 9.23. The number of hydrogen-bond donors (Lipinski definition) is 0. The molecule has 0 radical (unpaired) electrons. The summed E-state index contributed by atoms with van der Waals surface area (Å²) in [6.07, 6.45) is 2.90. The van der Waals surface area contributed by atoms with Crippen molar-refractivity contribution in [1.29, 1.82) is 0 Å². The molecule has 0 bridgehead atoms. The van der Waals surface area contributed by atoms with Crippen LogP contribution in [0.2, 0.25) is 0 Å². The molecule has 0 atom stereocenters. The number of anilines is 3. The zero-order chi connectivity index (χ0) is 30.6. The molecule has 2 heterocycles. The van der Waals surface area contributed by atoms with E-state index < -0.39 is 0 Å². The Morgan fingerprint density at radius 2 is 0.913 bits per heavy atom. The van der Waals surface area contributed by atoms with Crippen molar-refractivity contribution >= 4 is 17.1 Å². The second-order valence-corrected chi connectivity index (χ2v) is 10.4. The predicted molar refractivity (Wildman–Crippen MR) is 176 cm³/mol. The zero-order valence-electron chi connectivity index (χ0n) is 24.3. The molecule has 46 heavy (non-hydrogen) atoms. The first-order valence-corrected chi connectivity index (χ1v) is 14.5. The van der Waals surface area contributed by atoms with E-state index >= 15 is 0 Å². The number of para-hydroxylation sites is 1. The van der Waals surface area contributed by atoms with Crippen LogP contribution in [-0.2, 0) is 21.1 Å². The smallest absolute Gasteiger partial charge is 0.345 e. The van der Waals surface area contributed by atoms with Gasteiger partial charge in [0, 0.05) is 23.5 Å². The fraction of sp³-hybridized carbons (Fsp3) is 0. The summed E-state index contributed by atoms with van der Waals surface area (Å²) in [4.78, 5) is 10.9. The molecule has 0 aliphatic heterocycles. The van der Waals surface area contributed by atoms with E-state index in [1.807, 2.05) is 72.8 Å². The van der Waals surface area contributed by atoms with E-state index in [2.05, 4.69) is 69.5 Å². The van der Waals surface area contributed by atoms with Gasteiger partial charge in [-0.2, -0.15) is 0 Å². The molecule has 0 saturated heterocycles. The first kappa shape index (κ1) is 30.8. The third kappa shape index (κ3) is 6.42. The molecular formula is C40H25F2N3Pt. The summed E-state index contributed by atoms with van der Waals surface area (Å²) in [6.45, 7) is 0. The average Bonchev–Trinajstić information content (AvgIpc) is 3.09. The summed E-state index contributed by atoms with van der Waals surface area (Å²) in [5.74, 6) is -0.750. The quantitative estimate of drug-likeness (QED) is 0.151. The molecule has 5 aromatic carbocycles. The van der Waals surface area contributed by atoms with Crippen LogP contribution in [0, 0.1) is 23.8 Å². The van der Waals surface area contributed by atoms with Crippen LogP contribution in [0.25, 0.3) is 44.8 Å². The molecule has 3 nitrogen and oxygen atoms in total. The van der Waals surface area contributed by atoms with Gasteiger partial charge >= 0.3 is 21.1 Å². The van der Waals surface area contributed by atoms with E-state index in [4.69, 9.17) is 0 Å². The molecule has 0 N–H and O–H groups in total. The van der Waals surface area contributed by atoms with Crippen molar-refractivity contribution in [3.05, 3.63) is 176 Å². The van der Waals surface area contributed by atoms with Crippen molar-refractivity contribution in [3.8, 4) is 44.8 Å². The van der Waals surface area contributed by atoms with Crippen LogP contribution in [-0.4, -0.2) is 9.97 Å². The maximum Gasteiger partial charge on any atom is 2.00 e. The standard InChI is InChI=1S/C40H25F2N3.Pt/c41-32-20-22-43-38(26-32)30-14-7-16-34(24-30)45(35-17-8-15-31(25-35)39-27-33(42)21-23-44-39)40-36(28-10-3-1-4-11-28)18-9-19-37(40)29-12-5-2-6-13-29;/h1-23,26-27H;/q-2;+2. The maximum atomic E-state index is 14.3. The van der Waals surface area contributed by atoms with Crippen molar-refractivity contribution in [2.24, 2.45) is 0 Å². The van der Waals surface area contributed by atoms with Crippen molar-refractivity contribution in [3.63, 3.8) is 0 Å². The Labute approximate surface area is 281 Å². The molecule has 6 heteroatoms. The second kappa shape index (κ2) is 13.8. The average molecular weight is 781 g/mol. The first-order chi connectivity index (χ1) is 22.1. The molecule has 0 unspecified atom stereocenters. The number of rotatable bonds is 7. The van der Waals surface area contributed by atoms with Crippen LogP contribution in [0.15, 0.2) is 152 Å². The van der Waals surface area contributed by atoms with E-state index in [-0.39, 0.29) is 32.7 Å². The van der Waals surface area contributed by atoms with Gasteiger partial charge in [-0.1, -0.05) is 78.9 Å². The molecular weight excluding hydrogens is 756 g/mol. The minimum atomic E-state index is -0.375. The Balaban J connectivity index is 0.00000372. The first-order valence-electron chi connectivity index (χ1n) is 14.5. The van der Waals surface area contributed by atoms with Crippen LogP contribution in [0.4, 0.5) is 25.8 Å². The molecule has 7 aromatic rings. The van der Waals surface area contributed by atoms with Crippen molar-refractivity contribution in [2.45, 2.75) is 0 Å². The monoisotopic (exact) mass is 780 g/mol. The fourth-order valence-electron chi connectivity index (χ4n) is 5.43. The van der Waals surface area contributed by atoms with E-state index in [1.165, 1.54) is 36.7 Å². The number of halogens is 2. The van der Waals surface area contributed by atoms with Gasteiger partial charge in [0.2, 0.25) is 0 Å². The third-order valence-corrected chi connectivity index (χ3v) is 7.47. The molecule has 0 amide bonds. The third-order valence-electron chi connectivity index (χ3n) is 7.47. The SMILES string of the molecule is Fc1ccnc(-c2[c-]c(N(c3[c-]c(-c4cc(F)ccn4)ccc3)c3c(-c4ccccc4)cccc3-c3ccccc3)ccc2)c1.[Pt+2]. The summed E-state index contributed by atoms with van der Waals surface area (Å²) in [6, 6.07) is 50.6. The summed E-state index contributed by atoms with van der Waals surface area (Å²) < 4.78 is 28.5. The maximum absolute atomic E-state index is 14.3. The van der Waals surface area contributed by atoms with Gasteiger partial charge in [0.25, 0.3) is 0 Å². The minimum absolute atomic E-state index is 0. The Hall–Kier alpha value is -5.25. The molecule has 2 aromatic heterocycles. The Morgan fingerprint density at radius 3 is 1.35 bits per heavy atom. The Bertz CT molecular complexity index is 1960. The van der Waals surface area contributed by atoms with Crippen LogP contribution in [0.3, 0.4) is 0 Å². The summed E-state index contributed by atoms with van der Waals surface area (Å²) >= 11 is 0. The molecule has 7 rings (SSSR count). The van der Waals surface area contributed by atoms with E-state index in [9.17, 15) is 8.78 Å². The molecule has 224 valence electrons. The van der Waals surface area contributed by atoms with E-state index in [0.29, 0.717) is 33.9 Å².